The van der Waals surface area contributed by atoms with Gasteiger partial charge in [-0.2, -0.15) is 0 Å². The molecule has 0 saturated carbocycles. The maximum absolute atomic E-state index is 14.1. The third-order valence-corrected chi connectivity index (χ3v) is 7.45. The molecule has 1 saturated heterocycles. The Bertz CT molecular complexity index is 1110. The first-order chi connectivity index (χ1) is 14.7. The average Bonchev–Trinajstić information content (AvgIpc) is 3.55. The Morgan fingerprint density at radius 1 is 0.968 bits per heavy atom. The van der Waals surface area contributed by atoms with Crippen molar-refractivity contribution in [1.29, 1.82) is 0 Å². The highest BCUT2D eigenvalue weighted by Gasteiger charge is 2.37. The van der Waals surface area contributed by atoms with Crippen LogP contribution in [-0.2, 0) is 14.6 Å². The molecule has 0 aliphatic carbocycles. The predicted octanol–water partition coefficient (Wildman–Crippen LogP) is 6.55. The van der Waals surface area contributed by atoms with Crippen molar-refractivity contribution in [3.63, 3.8) is 0 Å². The molecule has 0 radical (unpaired) electrons. The third kappa shape index (κ3) is 6.67. The van der Waals surface area contributed by atoms with Crippen LogP contribution in [0, 0.1) is 11.6 Å². The zero-order valence-electron chi connectivity index (χ0n) is 16.0. The fourth-order valence-corrected chi connectivity index (χ4v) is 5.08. The van der Waals surface area contributed by atoms with E-state index < -0.39 is 26.7 Å². The van der Waals surface area contributed by atoms with Gasteiger partial charge in [-0.05, 0) is 73.2 Å². The summed E-state index contributed by atoms with van der Waals surface area (Å²) in [5.74, 6) is -1.44. The van der Waals surface area contributed by atoms with Crippen molar-refractivity contribution in [3.8, 4) is 0 Å². The van der Waals surface area contributed by atoms with Crippen molar-refractivity contribution < 1.29 is 21.9 Å². The van der Waals surface area contributed by atoms with Gasteiger partial charge < -0.3 is 4.74 Å². The van der Waals surface area contributed by atoms with Gasteiger partial charge in [0, 0.05) is 20.5 Å². The van der Waals surface area contributed by atoms with Gasteiger partial charge in [-0.3, -0.25) is 0 Å². The number of halogens is 4. The number of benzene rings is 3. The van der Waals surface area contributed by atoms with Crippen molar-refractivity contribution in [2.75, 3.05) is 6.61 Å². The lowest BCUT2D eigenvalue weighted by Gasteiger charge is -2.18. The summed E-state index contributed by atoms with van der Waals surface area (Å²) in [6, 6.07) is 15.7. The normalized spacial score (nSPS) is 16.2. The molecule has 0 N–H and O–H groups in total. The third-order valence-electron chi connectivity index (χ3n) is 4.53. The highest BCUT2D eigenvalue weighted by atomic mass is 35.5. The summed E-state index contributed by atoms with van der Waals surface area (Å²) >= 11 is 15.4. The molecule has 4 rings (SSSR count). The number of rotatable bonds is 5. The average molecular weight is 503 g/mol. The second-order valence-corrected chi connectivity index (χ2v) is 10.3. The Balaban J connectivity index is 0.000000287. The van der Waals surface area contributed by atoms with Gasteiger partial charge in [0.25, 0.3) is 0 Å². The second-order valence-electron chi connectivity index (χ2n) is 6.82. The van der Waals surface area contributed by atoms with Crippen LogP contribution >= 0.6 is 35.8 Å². The molecule has 0 aromatic heterocycles. The molecule has 3 aromatic rings. The summed E-state index contributed by atoms with van der Waals surface area (Å²) in [6.07, 6.45) is -0.185. The minimum absolute atomic E-state index is 0.0104. The van der Waals surface area contributed by atoms with E-state index in [0.717, 1.165) is 28.1 Å². The first-order valence-corrected chi connectivity index (χ1v) is 11.9. The first-order valence-electron chi connectivity index (χ1n) is 9.17. The fourth-order valence-electron chi connectivity index (χ4n) is 2.85. The van der Waals surface area contributed by atoms with E-state index in [-0.39, 0.29) is 23.0 Å². The van der Waals surface area contributed by atoms with Crippen molar-refractivity contribution in [2.45, 2.75) is 27.6 Å². The van der Waals surface area contributed by atoms with E-state index in [2.05, 4.69) is 12.6 Å². The highest BCUT2D eigenvalue weighted by Crippen LogP contribution is 2.37. The Morgan fingerprint density at radius 2 is 1.52 bits per heavy atom. The molecule has 164 valence electrons. The Labute approximate surface area is 195 Å². The van der Waals surface area contributed by atoms with Gasteiger partial charge in [0.05, 0.1) is 22.9 Å². The largest absolute Gasteiger partial charge is 0.373 e. The molecule has 0 bridgehead atoms. The van der Waals surface area contributed by atoms with Crippen LogP contribution < -0.4 is 0 Å². The van der Waals surface area contributed by atoms with Crippen LogP contribution in [0.4, 0.5) is 8.78 Å². The quantitative estimate of drug-likeness (QED) is 0.317. The zero-order valence-corrected chi connectivity index (χ0v) is 19.2. The van der Waals surface area contributed by atoms with E-state index in [1.807, 2.05) is 24.3 Å². The molecule has 1 fully saturated rings. The molecule has 3 nitrogen and oxygen atoms in total. The summed E-state index contributed by atoms with van der Waals surface area (Å²) in [6.45, 7) is 0.420. The fraction of sp³-hybridized carbons (Fsp3) is 0.182. The van der Waals surface area contributed by atoms with E-state index >= 15 is 0 Å². The summed E-state index contributed by atoms with van der Waals surface area (Å²) in [4.78, 5) is 0.950. The standard InChI is InChI=1S/C16H13ClF2O3S.C6H5ClS/c17-10-1-4-13(5-2-10)23(20,21)16(8-12-9-22-12)14-7-11(18)3-6-15(14)19;7-5-1-3-6(8)4-2-5/h1-7,12,16H,8-9H2;1-4,8H. The van der Waals surface area contributed by atoms with Gasteiger partial charge in [0.1, 0.15) is 11.6 Å². The van der Waals surface area contributed by atoms with Crippen LogP contribution in [0.25, 0.3) is 0 Å². The Kier molecular flexibility index (Phi) is 7.99. The topological polar surface area (TPSA) is 46.7 Å². The molecular formula is C22H18Cl2F2O3S2. The van der Waals surface area contributed by atoms with Crippen molar-refractivity contribution >= 4 is 45.7 Å². The van der Waals surface area contributed by atoms with Crippen LogP contribution in [0.2, 0.25) is 10.0 Å². The van der Waals surface area contributed by atoms with Crippen molar-refractivity contribution in [1.82, 2.24) is 0 Å². The molecule has 0 spiro atoms. The minimum atomic E-state index is -3.91. The van der Waals surface area contributed by atoms with Crippen LogP contribution in [0.5, 0.6) is 0 Å². The SMILES string of the molecule is O=S(=O)(c1ccc(Cl)cc1)C(CC1CO1)c1cc(F)ccc1F.Sc1ccc(Cl)cc1. The summed E-state index contributed by atoms with van der Waals surface area (Å²) in [5, 5.41) is -0.0716. The van der Waals surface area contributed by atoms with E-state index in [1.165, 1.54) is 24.3 Å². The van der Waals surface area contributed by atoms with Crippen LogP contribution in [0.1, 0.15) is 17.2 Å². The second kappa shape index (κ2) is 10.3. The lowest BCUT2D eigenvalue weighted by atomic mass is 10.1. The number of hydrogen-bond donors (Lipinski definition) is 1. The highest BCUT2D eigenvalue weighted by molar-refractivity contribution is 7.91. The minimum Gasteiger partial charge on any atom is -0.373 e. The lowest BCUT2D eigenvalue weighted by Crippen LogP contribution is -2.17. The molecule has 1 heterocycles. The van der Waals surface area contributed by atoms with Gasteiger partial charge in [-0.1, -0.05) is 23.2 Å². The van der Waals surface area contributed by atoms with E-state index in [0.29, 0.717) is 11.6 Å². The van der Waals surface area contributed by atoms with Crippen molar-refractivity contribution in [2.24, 2.45) is 0 Å². The Hall–Kier alpha value is -1.64. The monoisotopic (exact) mass is 502 g/mol. The first kappa shape index (κ1) is 24.0. The van der Waals surface area contributed by atoms with Crippen LogP contribution in [-0.4, -0.2) is 21.1 Å². The van der Waals surface area contributed by atoms with Gasteiger partial charge >= 0.3 is 0 Å². The molecule has 0 amide bonds. The van der Waals surface area contributed by atoms with Gasteiger partial charge in [0.15, 0.2) is 9.84 Å². The van der Waals surface area contributed by atoms with Gasteiger partial charge in [-0.25, -0.2) is 17.2 Å². The van der Waals surface area contributed by atoms with Crippen molar-refractivity contribution in [3.05, 3.63) is 94.0 Å². The lowest BCUT2D eigenvalue weighted by molar-refractivity contribution is 0.390. The molecule has 3 aromatic carbocycles. The number of sulfone groups is 1. The maximum Gasteiger partial charge on any atom is 0.185 e. The number of epoxide rings is 1. The number of hydrogen-bond acceptors (Lipinski definition) is 4. The smallest absolute Gasteiger partial charge is 0.185 e. The molecule has 31 heavy (non-hydrogen) atoms. The molecule has 9 heteroatoms. The number of thiol groups is 1. The maximum atomic E-state index is 14.1. The Morgan fingerprint density at radius 3 is 2.03 bits per heavy atom. The van der Waals surface area contributed by atoms with E-state index in [4.69, 9.17) is 27.9 Å². The van der Waals surface area contributed by atoms with Crippen LogP contribution in [0.3, 0.4) is 0 Å². The summed E-state index contributed by atoms with van der Waals surface area (Å²) in [5.41, 5.74) is -0.185. The molecule has 2 atom stereocenters. The van der Waals surface area contributed by atoms with Gasteiger partial charge in [0.2, 0.25) is 0 Å². The zero-order chi connectivity index (χ0) is 22.6. The molecule has 2 unspecified atom stereocenters. The van der Waals surface area contributed by atoms with Crippen LogP contribution in [0.15, 0.2) is 76.5 Å². The predicted molar refractivity (Wildman–Crippen MR) is 121 cm³/mol. The molecular weight excluding hydrogens is 485 g/mol. The number of ether oxygens (including phenoxy) is 1. The molecule has 1 aliphatic rings. The summed E-state index contributed by atoms with van der Waals surface area (Å²) < 4.78 is 58.4. The van der Waals surface area contributed by atoms with Gasteiger partial charge in [-0.15, -0.1) is 12.6 Å². The summed E-state index contributed by atoms with van der Waals surface area (Å²) in [7, 11) is -3.91. The molecule has 1 aliphatic heterocycles. The van der Waals surface area contributed by atoms with E-state index in [9.17, 15) is 17.2 Å². The van der Waals surface area contributed by atoms with E-state index in [1.54, 1.807) is 0 Å².